The molecule has 1 fully saturated rings. The molecule has 0 aromatic heterocycles. The van der Waals surface area contributed by atoms with Crippen LogP contribution in [0, 0.1) is 0 Å². The predicted molar refractivity (Wildman–Crippen MR) is 71.7 cm³/mol. The topological polar surface area (TPSA) is 41.1 Å². The summed E-state index contributed by atoms with van der Waals surface area (Å²) < 4.78 is 1.05. The van der Waals surface area contributed by atoms with Gasteiger partial charge in [0, 0.05) is 4.47 Å². The van der Waals surface area contributed by atoms with Gasteiger partial charge >= 0.3 is 0 Å². The molecule has 0 aliphatic carbocycles. The minimum Gasteiger partial charge on any atom is -0.348 e. The average molecular weight is 297 g/mol. The first kappa shape index (κ1) is 12.6. The van der Waals surface area contributed by atoms with Crippen molar-refractivity contribution >= 4 is 21.8 Å². The molecule has 0 bridgehead atoms. The minimum absolute atomic E-state index is 0.00658. The van der Waals surface area contributed by atoms with Crippen molar-refractivity contribution in [2.45, 2.75) is 31.8 Å². The number of hydrogen-bond acceptors (Lipinski definition) is 2. The van der Waals surface area contributed by atoms with E-state index >= 15 is 0 Å². The van der Waals surface area contributed by atoms with E-state index in [0.29, 0.717) is 0 Å². The Morgan fingerprint density at radius 2 is 2.18 bits per heavy atom. The van der Waals surface area contributed by atoms with E-state index in [1.807, 2.05) is 31.2 Å². The Morgan fingerprint density at radius 3 is 2.76 bits per heavy atom. The van der Waals surface area contributed by atoms with Crippen LogP contribution in [0.5, 0.6) is 0 Å². The highest BCUT2D eigenvalue weighted by Crippen LogP contribution is 2.17. The van der Waals surface area contributed by atoms with E-state index in [9.17, 15) is 4.79 Å². The van der Waals surface area contributed by atoms with Gasteiger partial charge in [0.15, 0.2) is 0 Å². The van der Waals surface area contributed by atoms with Crippen molar-refractivity contribution in [3.05, 3.63) is 34.3 Å². The van der Waals surface area contributed by atoms with E-state index in [0.717, 1.165) is 29.4 Å². The lowest BCUT2D eigenvalue weighted by Crippen LogP contribution is -2.41. The van der Waals surface area contributed by atoms with Crippen LogP contribution in [0.4, 0.5) is 0 Å². The van der Waals surface area contributed by atoms with E-state index in [1.54, 1.807) is 0 Å². The molecule has 2 atom stereocenters. The van der Waals surface area contributed by atoms with Gasteiger partial charge in [0.2, 0.25) is 5.91 Å². The molecule has 2 rings (SSSR count). The highest BCUT2D eigenvalue weighted by molar-refractivity contribution is 9.10. The third-order valence-electron chi connectivity index (χ3n) is 3.11. The third-order valence-corrected chi connectivity index (χ3v) is 3.63. The van der Waals surface area contributed by atoms with E-state index < -0.39 is 0 Å². The molecule has 1 amide bonds. The highest BCUT2D eigenvalue weighted by Gasteiger charge is 2.23. The Hall–Kier alpha value is -0.870. The summed E-state index contributed by atoms with van der Waals surface area (Å²) in [5.41, 5.74) is 1.12. The summed E-state index contributed by atoms with van der Waals surface area (Å²) in [4.78, 5) is 11.9. The number of nitrogens with one attached hydrogen (secondary N) is 2. The van der Waals surface area contributed by atoms with Crippen LogP contribution >= 0.6 is 15.9 Å². The van der Waals surface area contributed by atoms with Gasteiger partial charge in [0.25, 0.3) is 0 Å². The van der Waals surface area contributed by atoms with Crippen molar-refractivity contribution in [1.29, 1.82) is 0 Å². The van der Waals surface area contributed by atoms with Gasteiger partial charge in [0.1, 0.15) is 0 Å². The fourth-order valence-corrected chi connectivity index (χ4v) is 2.32. The maximum Gasteiger partial charge on any atom is 0.237 e. The fourth-order valence-electron chi connectivity index (χ4n) is 2.06. The fraction of sp³-hybridized carbons (Fsp3) is 0.462. The number of halogens is 1. The normalized spacial score (nSPS) is 21.2. The van der Waals surface area contributed by atoms with E-state index in [1.165, 1.54) is 0 Å². The van der Waals surface area contributed by atoms with Crippen LogP contribution in [-0.4, -0.2) is 18.5 Å². The molecule has 1 aliphatic heterocycles. The number of benzene rings is 1. The van der Waals surface area contributed by atoms with Crippen molar-refractivity contribution in [3.63, 3.8) is 0 Å². The SMILES string of the molecule is CC(NC(=O)C1CCCN1)c1ccc(Br)cc1. The summed E-state index contributed by atoms with van der Waals surface area (Å²) >= 11 is 3.40. The number of rotatable bonds is 3. The summed E-state index contributed by atoms with van der Waals surface area (Å²) in [6.07, 6.45) is 2.03. The second-order valence-electron chi connectivity index (χ2n) is 4.43. The first-order chi connectivity index (χ1) is 8.16. The lowest BCUT2D eigenvalue weighted by atomic mass is 10.1. The first-order valence-electron chi connectivity index (χ1n) is 5.96. The van der Waals surface area contributed by atoms with Crippen LogP contribution in [-0.2, 0) is 4.79 Å². The number of hydrogen-bond donors (Lipinski definition) is 2. The Balaban J connectivity index is 1.93. The Labute approximate surface area is 110 Å². The molecule has 1 heterocycles. The van der Waals surface area contributed by atoms with Gasteiger partial charge in [-0.15, -0.1) is 0 Å². The summed E-state index contributed by atoms with van der Waals surface area (Å²) in [6.45, 7) is 2.96. The van der Waals surface area contributed by atoms with Gasteiger partial charge < -0.3 is 10.6 Å². The Bertz CT molecular complexity index is 385. The van der Waals surface area contributed by atoms with Crippen LogP contribution in [0.15, 0.2) is 28.7 Å². The maximum atomic E-state index is 11.9. The molecule has 4 heteroatoms. The van der Waals surface area contributed by atoms with E-state index in [-0.39, 0.29) is 18.0 Å². The zero-order valence-corrected chi connectivity index (χ0v) is 11.5. The smallest absolute Gasteiger partial charge is 0.237 e. The summed E-state index contributed by atoms with van der Waals surface area (Å²) in [5, 5.41) is 6.24. The summed E-state index contributed by atoms with van der Waals surface area (Å²) in [7, 11) is 0. The van der Waals surface area contributed by atoms with E-state index in [2.05, 4.69) is 26.6 Å². The van der Waals surface area contributed by atoms with Gasteiger partial charge in [-0.1, -0.05) is 28.1 Å². The molecule has 1 aromatic rings. The van der Waals surface area contributed by atoms with Crippen molar-refractivity contribution in [3.8, 4) is 0 Å². The summed E-state index contributed by atoms with van der Waals surface area (Å²) in [6, 6.07) is 8.08. The third kappa shape index (κ3) is 3.30. The molecule has 92 valence electrons. The second kappa shape index (κ2) is 5.65. The molecule has 3 nitrogen and oxygen atoms in total. The molecular weight excluding hydrogens is 280 g/mol. The lowest BCUT2D eigenvalue weighted by molar-refractivity contribution is -0.123. The minimum atomic E-state index is -0.00658. The molecule has 0 spiro atoms. The second-order valence-corrected chi connectivity index (χ2v) is 5.35. The Kier molecular flexibility index (Phi) is 4.18. The van der Waals surface area contributed by atoms with Crippen LogP contribution in [0.2, 0.25) is 0 Å². The van der Waals surface area contributed by atoms with E-state index in [4.69, 9.17) is 0 Å². The van der Waals surface area contributed by atoms with Gasteiger partial charge in [-0.05, 0) is 44.0 Å². The van der Waals surface area contributed by atoms with Crippen molar-refractivity contribution in [1.82, 2.24) is 10.6 Å². The van der Waals surface area contributed by atoms with Gasteiger partial charge in [-0.2, -0.15) is 0 Å². The zero-order valence-electron chi connectivity index (χ0n) is 9.87. The van der Waals surface area contributed by atoms with Crippen molar-refractivity contribution < 1.29 is 4.79 Å². The summed E-state index contributed by atoms with van der Waals surface area (Å²) in [5.74, 6) is 0.109. The molecule has 1 aliphatic rings. The molecule has 0 radical (unpaired) electrons. The van der Waals surface area contributed by atoms with Crippen molar-refractivity contribution in [2.24, 2.45) is 0 Å². The monoisotopic (exact) mass is 296 g/mol. The van der Waals surface area contributed by atoms with Crippen LogP contribution in [0.3, 0.4) is 0 Å². The Morgan fingerprint density at radius 1 is 1.47 bits per heavy atom. The maximum absolute atomic E-state index is 11.9. The van der Waals surface area contributed by atoms with Gasteiger partial charge in [-0.25, -0.2) is 0 Å². The van der Waals surface area contributed by atoms with Gasteiger partial charge in [-0.3, -0.25) is 4.79 Å². The standard InChI is InChI=1S/C13H17BrN2O/c1-9(10-4-6-11(14)7-5-10)16-13(17)12-3-2-8-15-12/h4-7,9,12,15H,2-3,8H2,1H3,(H,16,17). The largest absolute Gasteiger partial charge is 0.348 e. The molecule has 2 N–H and O–H groups in total. The van der Waals surface area contributed by atoms with Crippen LogP contribution in [0.1, 0.15) is 31.4 Å². The average Bonchev–Trinajstić information content (AvgIpc) is 2.83. The number of carbonyl (C=O) groups is 1. The molecule has 1 aromatic carbocycles. The van der Waals surface area contributed by atoms with Crippen LogP contribution < -0.4 is 10.6 Å². The van der Waals surface area contributed by atoms with Crippen LogP contribution in [0.25, 0.3) is 0 Å². The number of carbonyl (C=O) groups excluding carboxylic acids is 1. The first-order valence-corrected chi connectivity index (χ1v) is 6.75. The lowest BCUT2D eigenvalue weighted by Gasteiger charge is -2.17. The highest BCUT2D eigenvalue weighted by atomic mass is 79.9. The van der Waals surface area contributed by atoms with Crippen molar-refractivity contribution in [2.75, 3.05) is 6.54 Å². The van der Waals surface area contributed by atoms with Gasteiger partial charge in [0.05, 0.1) is 12.1 Å². The molecule has 17 heavy (non-hydrogen) atoms. The molecule has 0 saturated carbocycles. The number of amides is 1. The molecule has 2 unspecified atom stereocenters. The molecule has 1 saturated heterocycles. The zero-order chi connectivity index (χ0) is 12.3. The molecular formula is C13H17BrN2O. The quantitative estimate of drug-likeness (QED) is 0.899. The predicted octanol–water partition coefficient (Wildman–Crippen LogP) is 2.38.